The van der Waals surface area contributed by atoms with Crippen molar-refractivity contribution in [1.82, 2.24) is 4.98 Å². The molecule has 0 aliphatic carbocycles. The van der Waals surface area contributed by atoms with Gasteiger partial charge in [0.15, 0.2) is 11.5 Å². The third-order valence-corrected chi connectivity index (χ3v) is 1.92. The summed E-state index contributed by atoms with van der Waals surface area (Å²) in [6.07, 6.45) is -3.12. The van der Waals surface area contributed by atoms with Crippen LogP contribution in [0, 0.1) is 5.82 Å². The Kier molecular flexibility index (Phi) is 4.12. The Balaban J connectivity index is 3.19. The van der Waals surface area contributed by atoms with Crippen molar-refractivity contribution >= 4 is 17.6 Å². The minimum Gasteiger partial charge on any atom is -0.461 e. The van der Waals surface area contributed by atoms with Crippen LogP contribution < -0.4 is 0 Å². The molecule has 1 aromatic rings. The van der Waals surface area contributed by atoms with E-state index in [4.69, 9.17) is 11.6 Å². The van der Waals surface area contributed by atoms with Crippen LogP contribution in [0.15, 0.2) is 6.07 Å². The maximum absolute atomic E-state index is 13.0. The average molecular weight is 254 g/mol. The Morgan fingerprint density at radius 1 is 1.62 bits per heavy atom. The molecule has 0 atom stereocenters. The van der Waals surface area contributed by atoms with E-state index in [0.717, 1.165) is 0 Å². The molecule has 1 rings (SSSR count). The summed E-state index contributed by atoms with van der Waals surface area (Å²) in [5, 5.41) is -0.361. The number of carbonyl (C=O) groups is 1. The van der Waals surface area contributed by atoms with E-state index in [1.807, 2.05) is 0 Å². The molecule has 0 aliphatic heterocycles. The molecule has 7 heteroatoms. The zero-order valence-corrected chi connectivity index (χ0v) is 8.89. The molecule has 0 bridgehead atoms. The summed E-state index contributed by atoms with van der Waals surface area (Å²) in [5.41, 5.74) is -1.63. The number of rotatable bonds is 3. The fourth-order valence-electron chi connectivity index (χ4n) is 0.976. The van der Waals surface area contributed by atoms with Gasteiger partial charge in [-0.3, -0.25) is 0 Å². The number of aromatic nitrogens is 1. The summed E-state index contributed by atoms with van der Waals surface area (Å²) in [7, 11) is 0. The lowest BCUT2D eigenvalue weighted by Gasteiger charge is -2.06. The molecule has 0 aliphatic rings. The smallest absolute Gasteiger partial charge is 0.358 e. The van der Waals surface area contributed by atoms with Gasteiger partial charge in [0.1, 0.15) is 5.69 Å². The lowest BCUT2D eigenvalue weighted by Crippen LogP contribution is -2.11. The van der Waals surface area contributed by atoms with Gasteiger partial charge in [-0.25, -0.2) is 22.9 Å². The lowest BCUT2D eigenvalue weighted by atomic mass is 10.3. The van der Waals surface area contributed by atoms with Crippen LogP contribution in [0.2, 0.25) is 5.02 Å². The summed E-state index contributed by atoms with van der Waals surface area (Å²) in [4.78, 5) is 14.4. The van der Waals surface area contributed by atoms with Crippen molar-refractivity contribution in [2.45, 2.75) is 13.3 Å². The van der Waals surface area contributed by atoms with Crippen molar-refractivity contribution in [2.24, 2.45) is 0 Å². The largest absolute Gasteiger partial charge is 0.461 e. The van der Waals surface area contributed by atoms with Gasteiger partial charge < -0.3 is 4.74 Å². The molecule has 0 unspecified atom stereocenters. The van der Waals surface area contributed by atoms with Crippen molar-refractivity contribution in [1.29, 1.82) is 0 Å². The van der Waals surface area contributed by atoms with Gasteiger partial charge in [0.2, 0.25) is 0 Å². The first-order valence-corrected chi connectivity index (χ1v) is 4.66. The number of esters is 1. The van der Waals surface area contributed by atoms with Gasteiger partial charge in [-0.05, 0) is 13.0 Å². The Bertz CT molecular complexity index is 412. The van der Waals surface area contributed by atoms with Gasteiger partial charge in [0, 0.05) is 0 Å². The number of hydrogen-bond acceptors (Lipinski definition) is 3. The number of hydrogen-bond donors (Lipinski definition) is 0. The molecule has 0 aromatic carbocycles. The predicted octanol–water partition coefficient (Wildman–Crippen LogP) is 2.99. The SMILES string of the molecule is CCOC(=O)c1nc(C(F)F)c(F)cc1Cl. The standard InChI is InChI=1S/C9H7ClF3NO2/c1-2-16-9(15)6-4(10)3-5(11)7(14-6)8(12)13/h3,8H,2H2,1H3. The second-order valence-corrected chi connectivity index (χ2v) is 3.11. The van der Waals surface area contributed by atoms with Gasteiger partial charge >= 0.3 is 5.97 Å². The van der Waals surface area contributed by atoms with Crippen LogP contribution in [-0.4, -0.2) is 17.6 Å². The van der Waals surface area contributed by atoms with Gasteiger partial charge in [-0.1, -0.05) is 11.6 Å². The van der Waals surface area contributed by atoms with E-state index in [9.17, 15) is 18.0 Å². The Hall–Kier alpha value is -1.30. The molecule has 0 N–H and O–H groups in total. The Morgan fingerprint density at radius 3 is 2.75 bits per heavy atom. The molecule has 16 heavy (non-hydrogen) atoms. The molecule has 0 amide bonds. The highest BCUT2D eigenvalue weighted by atomic mass is 35.5. The van der Waals surface area contributed by atoms with Crippen LogP contribution in [0.1, 0.15) is 29.5 Å². The molecular formula is C9H7ClF3NO2. The van der Waals surface area contributed by atoms with Crippen LogP contribution >= 0.6 is 11.6 Å². The van der Waals surface area contributed by atoms with Gasteiger partial charge in [-0.15, -0.1) is 0 Å². The van der Waals surface area contributed by atoms with Crippen molar-refractivity contribution in [3.8, 4) is 0 Å². The molecule has 0 spiro atoms. The summed E-state index contributed by atoms with van der Waals surface area (Å²) in [6.45, 7) is 1.57. The molecule has 0 saturated heterocycles. The van der Waals surface area contributed by atoms with E-state index < -0.39 is 29.6 Å². The van der Waals surface area contributed by atoms with Crippen LogP contribution in [0.25, 0.3) is 0 Å². The van der Waals surface area contributed by atoms with E-state index in [1.54, 1.807) is 0 Å². The molecule has 1 heterocycles. The van der Waals surface area contributed by atoms with Gasteiger partial charge in [0.25, 0.3) is 6.43 Å². The molecule has 3 nitrogen and oxygen atoms in total. The quantitative estimate of drug-likeness (QED) is 0.778. The highest BCUT2D eigenvalue weighted by molar-refractivity contribution is 6.33. The summed E-state index contributed by atoms with van der Waals surface area (Å²) < 4.78 is 42.1. The minimum absolute atomic E-state index is 0.0399. The molecular weight excluding hydrogens is 247 g/mol. The van der Waals surface area contributed by atoms with Crippen LogP contribution in [0.3, 0.4) is 0 Å². The number of halogens is 4. The average Bonchev–Trinajstić information content (AvgIpc) is 2.17. The van der Waals surface area contributed by atoms with Gasteiger partial charge in [-0.2, -0.15) is 0 Å². The van der Waals surface area contributed by atoms with Crippen molar-refractivity contribution in [2.75, 3.05) is 6.61 Å². The highest BCUT2D eigenvalue weighted by Gasteiger charge is 2.22. The normalized spacial score (nSPS) is 10.6. The van der Waals surface area contributed by atoms with E-state index in [2.05, 4.69) is 9.72 Å². The first-order chi connectivity index (χ1) is 7.47. The number of nitrogens with zero attached hydrogens (tertiary/aromatic N) is 1. The summed E-state index contributed by atoms with van der Waals surface area (Å²) >= 11 is 5.49. The number of pyridine rings is 1. The zero-order chi connectivity index (χ0) is 12.3. The van der Waals surface area contributed by atoms with E-state index >= 15 is 0 Å². The second-order valence-electron chi connectivity index (χ2n) is 2.71. The first-order valence-electron chi connectivity index (χ1n) is 4.28. The minimum atomic E-state index is -3.12. The van der Waals surface area contributed by atoms with Crippen LogP contribution in [0.4, 0.5) is 13.2 Å². The van der Waals surface area contributed by atoms with E-state index in [-0.39, 0.29) is 11.6 Å². The highest BCUT2D eigenvalue weighted by Crippen LogP contribution is 2.25. The fourth-order valence-corrected chi connectivity index (χ4v) is 1.19. The lowest BCUT2D eigenvalue weighted by molar-refractivity contribution is 0.0517. The molecule has 0 saturated carbocycles. The van der Waals surface area contributed by atoms with Crippen molar-refractivity contribution in [3.63, 3.8) is 0 Å². The Labute approximate surface area is 94.2 Å². The molecule has 0 radical (unpaired) electrons. The predicted molar refractivity (Wildman–Crippen MR) is 50.1 cm³/mol. The zero-order valence-electron chi connectivity index (χ0n) is 8.14. The Morgan fingerprint density at radius 2 is 2.25 bits per heavy atom. The van der Waals surface area contributed by atoms with Gasteiger partial charge in [0.05, 0.1) is 11.6 Å². The molecule has 88 valence electrons. The van der Waals surface area contributed by atoms with E-state index in [0.29, 0.717) is 6.07 Å². The van der Waals surface area contributed by atoms with Crippen LogP contribution in [0.5, 0.6) is 0 Å². The maximum atomic E-state index is 13.0. The third kappa shape index (κ3) is 2.63. The number of ether oxygens (including phenoxy) is 1. The first kappa shape index (κ1) is 12.8. The van der Waals surface area contributed by atoms with Crippen molar-refractivity contribution in [3.05, 3.63) is 28.3 Å². The molecule has 0 fully saturated rings. The van der Waals surface area contributed by atoms with E-state index in [1.165, 1.54) is 6.92 Å². The number of alkyl halides is 2. The second kappa shape index (κ2) is 5.16. The molecule has 1 aromatic heterocycles. The number of carbonyl (C=O) groups excluding carboxylic acids is 1. The third-order valence-electron chi connectivity index (χ3n) is 1.63. The topological polar surface area (TPSA) is 39.2 Å². The summed E-state index contributed by atoms with van der Waals surface area (Å²) in [5.74, 6) is -2.22. The van der Waals surface area contributed by atoms with Crippen molar-refractivity contribution < 1.29 is 22.7 Å². The fraction of sp³-hybridized carbons (Fsp3) is 0.333. The maximum Gasteiger partial charge on any atom is 0.358 e. The monoisotopic (exact) mass is 253 g/mol. The van der Waals surface area contributed by atoms with Crippen LogP contribution in [-0.2, 0) is 4.74 Å². The summed E-state index contributed by atoms with van der Waals surface area (Å²) in [6, 6.07) is 0.613.